The van der Waals surface area contributed by atoms with Crippen LogP contribution in [0.3, 0.4) is 0 Å². The summed E-state index contributed by atoms with van der Waals surface area (Å²) in [6.07, 6.45) is 0. The molecule has 0 aliphatic carbocycles. The lowest BCUT2D eigenvalue weighted by atomic mass is 10.4. The van der Waals surface area contributed by atoms with Crippen LogP contribution in [-0.4, -0.2) is 17.1 Å². The molecule has 14 heavy (non-hydrogen) atoms. The van der Waals surface area contributed by atoms with Gasteiger partial charge in [0.15, 0.2) is 5.13 Å². The number of rotatable bonds is 3. The van der Waals surface area contributed by atoms with Crippen LogP contribution in [0.5, 0.6) is 5.88 Å². The van der Waals surface area contributed by atoms with E-state index in [-0.39, 0.29) is 5.88 Å². The summed E-state index contributed by atoms with van der Waals surface area (Å²) in [4.78, 5) is 7.31. The molecule has 0 saturated carbocycles. The van der Waals surface area contributed by atoms with E-state index in [0.717, 1.165) is 11.7 Å². The summed E-state index contributed by atoms with van der Waals surface area (Å²) in [6, 6.07) is 4.13. The van der Waals surface area contributed by atoms with Crippen molar-refractivity contribution < 1.29 is 5.11 Å². The smallest absolute Gasteiger partial charge is 0.223 e. The minimum Gasteiger partial charge on any atom is -0.493 e. The number of hydrogen-bond donors (Lipinski definition) is 1. The topological polar surface area (TPSA) is 36.4 Å². The van der Waals surface area contributed by atoms with E-state index in [1.165, 1.54) is 16.2 Å². The minimum atomic E-state index is 0.100. The van der Waals surface area contributed by atoms with E-state index in [2.05, 4.69) is 16.4 Å². The summed E-state index contributed by atoms with van der Waals surface area (Å²) >= 11 is 3.17. The number of aromatic nitrogens is 1. The van der Waals surface area contributed by atoms with Crippen molar-refractivity contribution in [1.82, 2.24) is 4.98 Å². The van der Waals surface area contributed by atoms with E-state index in [1.54, 1.807) is 16.7 Å². The van der Waals surface area contributed by atoms with Crippen molar-refractivity contribution in [3.8, 4) is 5.88 Å². The molecule has 0 spiro atoms. The molecule has 3 nitrogen and oxygen atoms in total. The van der Waals surface area contributed by atoms with Gasteiger partial charge in [-0.1, -0.05) is 6.07 Å². The Kier molecular flexibility index (Phi) is 2.69. The standard InChI is InChI=1S/C9H10N2OS2/c1-11(5-7-3-2-4-13-7)9-10-8(12)6-14-9/h2-4,6,12H,5H2,1H3. The first-order chi connectivity index (χ1) is 6.75. The van der Waals surface area contributed by atoms with Crippen LogP contribution < -0.4 is 4.90 Å². The SMILES string of the molecule is CN(Cc1cccs1)c1nc(O)cs1. The van der Waals surface area contributed by atoms with Crippen LogP contribution >= 0.6 is 22.7 Å². The van der Waals surface area contributed by atoms with E-state index in [4.69, 9.17) is 5.11 Å². The quantitative estimate of drug-likeness (QED) is 0.873. The molecule has 0 aliphatic heterocycles. The maximum absolute atomic E-state index is 9.10. The number of aromatic hydroxyl groups is 1. The number of hydrogen-bond acceptors (Lipinski definition) is 5. The largest absolute Gasteiger partial charge is 0.493 e. The van der Waals surface area contributed by atoms with Gasteiger partial charge in [-0.2, -0.15) is 4.98 Å². The van der Waals surface area contributed by atoms with Crippen LogP contribution in [0, 0.1) is 0 Å². The van der Waals surface area contributed by atoms with Gasteiger partial charge >= 0.3 is 0 Å². The Morgan fingerprint density at radius 3 is 2.93 bits per heavy atom. The lowest BCUT2D eigenvalue weighted by Gasteiger charge is -2.13. The Hall–Kier alpha value is -1.07. The highest BCUT2D eigenvalue weighted by atomic mass is 32.1. The zero-order chi connectivity index (χ0) is 9.97. The monoisotopic (exact) mass is 226 g/mol. The molecule has 0 bridgehead atoms. The average molecular weight is 226 g/mol. The fourth-order valence-electron chi connectivity index (χ4n) is 1.14. The molecule has 74 valence electrons. The van der Waals surface area contributed by atoms with Crippen molar-refractivity contribution in [2.75, 3.05) is 11.9 Å². The summed E-state index contributed by atoms with van der Waals surface area (Å²) in [7, 11) is 1.97. The van der Waals surface area contributed by atoms with Gasteiger partial charge in [0.1, 0.15) is 0 Å². The molecule has 2 aromatic rings. The summed E-state index contributed by atoms with van der Waals surface area (Å²) in [6.45, 7) is 0.838. The molecule has 0 aromatic carbocycles. The Bertz CT molecular complexity index is 397. The average Bonchev–Trinajstić information content (AvgIpc) is 2.75. The third kappa shape index (κ3) is 2.05. The van der Waals surface area contributed by atoms with Crippen molar-refractivity contribution in [2.24, 2.45) is 0 Å². The lowest BCUT2D eigenvalue weighted by Crippen LogP contribution is -2.14. The fourth-order valence-corrected chi connectivity index (χ4v) is 2.55. The van der Waals surface area contributed by atoms with Gasteiger partial charge in [0.05, 0.1) is 11.9 Å². The summed E-state index contributed by atoms with van der Waals surface area (Å²) in [5.41, 5.74) is 0. The molecule has 0 saturated heterocycles. The molecule has 2 rings (SSSR count). The van der Waals surface area contributed by atoms with Gasteiger partial charge in [0, 0.05) is 11.9 Å². The first kappa shape index (κ1) is 9.48. The molecule has 0 unspecified atom stereocenters. The zero-order valence-electron chi connectivity index (χ0n) is 7.67. The molecule has 5 heteroatoms. The first-order valence-corrected chi connectivity index (χ1v) is 5.89. The zero-order valence-corrected chi connectivity index (χ0v) is 9.31. The molecular weight excluding hydrogens is 216 g/mol. The summed E-state index contributed by atoms with van der Waals surface area (Å²) < 4.78 is 0. The first-order valence-electron chi connectivity index (χ1n) is 4.14. The van der Waals surface area contributed by atoms with Crippen molar-refractivity contribution >= 4 is 27.8 Å². The van der Waals surface area contributed by atoms with Gasteiger partial charge in [-0.25, -0.2) is 0 Å². The highest BCUT2D eigenvalue weighted by Gasteiger charge is 2.06. The molecular formula is C9H10N2OS2. The predicted molar refractivity (Wildman–Crippen MR) is 60.2 cm³/mol. The second-order valence-electron chi connectivity index (χ2n) is 2.92. The van der Waals surface area contributed by atoms with Crippen molar-refractivity contribution in [1.29, 1.82) is 0 Å². The van der Waals surface area contributed by atoms with Crippen molar-refractivity contribution in [3.05, 3.63) is 27.8 Å². The lowest BCUT2D eigenvalue weighted by molar-refractivity contribution is 0.457. The maximum atomic E-state index is 9.10. The number of thiazole rings is 1. The van der Waals surface area contributed by atoms with Crippen LogP contribution in [-0.2, 0) is 6.54 Å². The molecule has 2 aromatic heterocycles. The Labute approximate surface area is 90.3 Å². The molecule has 0 aliphatic rings. The molecule has 0 fully saturated rings. The Morgan fingerprint density at radius 1 is 1.50 bits per heavy atom. The van der Waals surface area contributed by atoms with Crippen molar-refractivity contribution in [3.63, 3.8) is 0 Å². The van der Waals surface area contributed by atoms with Gasteiger partial charge in [-0.05, 0) is 11.4 Å². The second-order valence-corrected chi connectivity index (χ2v) is 4.79. The van der Waals surface area contributed by atoms with Gasteiger partial charge < -0.3 is 10.0 Å². The van der Waals surface area contributed by atoms with E-state index >= 15 is 0 Å². The molecule has 0 radical (unpaired) electrons. The number of thiophene rings is 1. The highest BCUT2D eigenvalue weighted by Crippen LogP contribution is 2.24. The molecule has 2 heterocycles. The summed E-state index contributed by atoms with van der Waals surface area (Å²) in [5.74, 6) is 0.100. The van der Waals surface area contributed by atoms with Crippen LogP contribution in [0.2, 0.25) is 0 Å². The second kappa shape index (κ2) is 3.98. The third-order valence-corrected chi connectivity index (χ3v) is 3.58. The van der Waals surface area contributed by atoms with Gasteiger partial charge in [-0.15, -0.1) is 22.7 Å². The normalized spacial score (nSPS) is 10.4. The number of nitrogens with zero attached hydrogens (tertiary/aromatic N) is 2. The minimum absolute atomic E-state index is 0.100. The van der Waals surface area contributed by atoms with Crippen LogP contribution in [0.1, 0.15) is 4.88 Å². The predicted octanol–water partition coefficient (Wildman–Crippen LogP) is 2.55. The van der Waals surface area contributed by atoms with E-state index in [0.29, 0.717) is 0 Å². The van der Waals surface area contributed by atoms with Crippen LogP contribution in [0.15, 0.2) is 22.9 Å². The van der Waals surface area contributed by atoms with E-state index < -0.39 is 0 Å². The number of anilines is 1. The van der Waals surface area contributed by atoms with E-state index in [9.17, 15) is 0 Å². The third-order valence-electron chi connectivity index (χ3n) is 1.78. The molecule has 1 N–H and O–H groups in total. The Morgan fingerprint density at radius 2 is 2.36 bits per heavy atom. The molecule has 0 atom stereocenters. The van der Waals surface area contributed by atoms with Crippen LogP contribution in [0.25, 0.3) is 0 Å². The fraction of sp³-hybridized carbons (Fsp3) is 0.222. The van der Waals surface area contributed by atoms with E-state index in [1.807, 2.05) is 18.0 Å². The summed E-state index contributed by atoms with van der Waals surface area (Å²) in [5, 5.41) is 13.6. The maximum Gasteiger partial charge on any atom is 0.223 e. The van der Waals surface area contributed by atoms with Crippen molar-refractivity contribution in [2.45, 2.75) is 6.54 Å². The van der Waals surface area contributed by atoms with Gasteiger partial charge in [0.25, 0.3) is 0 Å². The van der Waals surface area contributed by atoms with Gasteiger partial charge in [-0.3, -0.25) is 0 Å². The van der Waals surface area contributed by atoms with Gasteiger partial charge in [0.2, 0.25) is 5.88 Å². The van der Waals surface area contributed by atoms with Crippen LogP contribution in [0.4, 0.5) is 5.13 Å². The highest BCUT2D eigenvalue weighted by molar-refractivity contribution is 7.14. The molecule has 0 amide bonds. The Balaban J connectivity index is 2.06.